The normalized spacial score (nSPS) is 14.9. The molecule has 1 saturated heterocycles. The molecule has 25 heavy (non-hydrogen) atoms. The average molecular weight is 360 g/mol. The van der Waals surface area contributed by atoms with E-state index in [1.807, 2.05) is 25.1 Å². The number of aromatic nitrogens is 2. The summed E-state index contributed by atoms with van der Waals surface area (Å²) in [6, 6.07) is 8.12. The molecule has 1 aromatic carbocycles. The van der Waals surface area contributed by atoms with Crippen molar-refractivity contribution in [2.75, 3.05) is 25.4 Å². The number of benzene rings is 1. The number of carbonyl (C=O) groups excluding carboxylic acids is 2. The molecule has 0 aliphatic carbocycles. The highest BCUT2D eigenvalue weighted by atomic mass is 32.2. The van der Waals surface area contributed by atoms with Crippen molar-refractivity contribution in [3.63, 3.8) is 0 Å². The van der Waals surface area contributed by atoms with Crippen LogP contribution in [-0.2, 0) is 16.1 Å². The van der Waals surface area contributed by atoms with Gasteiger partial charge in [-0.1, -0.05) is 41.6 Å². The first-order chi connectivity index (χ1) is 12.0. The van der Waals surface area contributed by atoms with Crippen molar-refractivity contribution in [3.05, 3.63) is 41.3 Å². The smallest absolute Gasteiger partial charge is 0.277 e. The van der Waals surface area contributed by atoms with Crippen LogP contribution in [0.15, 0.2) is 33.9 Å². The molecule has 1 aromatic heterocycles. The number of rotatable bonds is 5. The van der Waals surface area contributed by atoms with Crippen LogP contribution in [0.5, 0.6) is 0 Å². The fraction of sp³-hybridized carbons (Fsp3) is 0.412. The summed E-state index contributed by atoms with van der Waals surface area (Å²) in [5, 5.41) is 7.94. The lowest BCUT2D eigenvalue weighted by molar-refractivity contribution is -0.144. The minimum absolute atomic E-state index is 0.0280. The van der Waals surface area contributed by atoms with E-state index in [0.29, 0.717) is 30.7 Å². The Hall–Kier alpha value is -2.35. The molecule has 132 valence electrons. The first-order valence-electron chi connectivity index (χ1n) is 8.05. The zero-order chi connectivity index (χ0) is 17.8. The van der Waals surface area contributed by atoms with Gasteiger partial charge in [0.2, 0.25) is 17.7 Å². The predicted molar refractivity (Wildman–Crippen MR) is 92.9 cm³/mol. The molecule has 2 aromatic rings. The van der Waals surface area contributed by atoms with E-state index in [9.17, 15) is 9.59 Å². The summed E-state index contributed by atoms with van der Waals surface area (Å²) >= 11 is 1.19. The second kappa shape index (κ2) is 7.69. The third kappa shape index (κ3) is 4.60. The molecule has 1 aliphatic rings. The van der Waals surface area contributed by atoms with Crippen LogP contribution >= 0.6 is 11.8 Å². The molecule has 0 bridgehead atoms. The number of nitrogens with zero attached hydrogens (tertiary/aromatic N) is 4. The van der Waals surface area contributed by atoms with E-state index in [1.54, 1.807) is 16.7 Å². The van der Waals surface area contributed by atoms with Crippen LogP contribution in [0, 0.1) is 13.8 Å². The molecular weight excluding hydrogens is 340 g/mol. The number of hydrogen-bond acceptors (Lipinski definition) is 6. The summed E-state index contributed by atoms with van der Waals surface area (Å²) in [5.74, 6) is 0.534. The second-order valence-corrected chi connectivity index (χ2v) is 6.92. The summed E-state index contributed by atoms with van der Waals surface area (Å²) in [6.07, 6.45) is 0. The zero-order valence-corrected chi connectivity index (χ0v) is 15.1. The Morgan fingerprint density at radius 3 is 2.80 bits per heavy atom. The number of hydrogen-bond donors (Lipinski definition) is 0. The highest BCUT2D eigenvalue weighted by Gasteiger charge is 2.27. The number of aryl methyl sites for hydroxylation is 2. The second-order valence-electron chi connectivity index (χ2n) is 6.00. The number of piperazine rings is 1. The van der Waals surface area contributed by atoms with Crippen LogP contribution in [0.25, 0.3) is 0 Å². The van der Waals surface area contributed by atoms with Crippen molar-refractivity contribution in [3.8, 4) is 0 Å². The Morgan fingerprint density at radius 1 is 1.28 bits per heavy atom. The standard InChI is InChI=1S/C17H20N4O3S/c1-12-4-3-5-14(8-12)9-20-6-7-21(10-15(20)22)16(23)11-25-17-19-18-13(2)24-17/h3-5,8H,6-7,9-11H2,1-2H3. The van der Waals surface area contributed by atoms with E-state index in [0.717, 1.165) is 5.56 Å². The molecule has 8 heteroatoms. The van der Waals surface area contributed by atoms with Crippen molar-refractivity contribution in [1.29, 1.82) is 0 Å². The molecule has 0 unspecified atom stereocenters. The molecule has 2 amide bonds. The Kier molecular flexibility index (Phi) is 5.37. The molecule has 0 atom stereocenters. The van der Waals surface area contributed by atoms with Gasteiger partial charge in [-0.25, -0.2) is 0 Å². The van der Waals surface area contributed by atoms with Gasteiger partial charge in [-0.3, -0.25) is 9.59 Å². The van der Waals surface area contributed by atoms with E-state index in [-0.39, 0.29) is 24.1 Å². The van der Waals surface area contributed by atoms with Gasteiger partial charge >= 0.3 is 0 Å². The highest BCUT2D eigenvalue weighted by molar-refractivity contribution is 7.99. The van der Waals surface area contributed by atoms with Crippen molar-refractivity contribution < 1.29 is 14.0 Å². The number of thioether (sulfide) groups is 1. The maximum absolute atomic E-state index is 12.4. The minimum Gasteiger partial charge on any atom is -0.416 e. The van der Waals surface area contributed by atoms with Gasteiger partial charge in [0.1, 0.15) is 0 Å². The molecule has 0 spiro atoms. The first kappa shape index (κ1) is 17.5. The topological polar surface area (TPSA) is 79.5 Å². The van der Waals surface area contributed by atoms with Crippen molar-refractivity contribution in [1.82, 2.24) is 20.0 Å². The molecule has 7 nitrogen and oxygen atoms in total. The predicted octanol–water partition coefficient (Wildman–Crippen LogP) is 1.65. The Balaban J connectivity index is 1.50. The fourth-order valence-corrected chi connectivity index (χ4v) is 3.38. The van der Waals surface area contributed by atoms with E-state index < -0.39 is 0 Å². The van der Waals surface area contributed by atoms with E-state index in [1.165, 1.54) is 17.3 Å². The number of carbonyl (C=O) groups is 2. The molecular formula is C17H20N4O3S. The van der Waals surface area contributed by atoms with E-state index in [2.05, 4.69) is 16.3 Å². The Bertz CT molecular complexity index is 777. The van der Waals surface area contributed by atoms with Crippen LogP contribution < -0.4 is 0 Å². The highest BCUT2D eigenvalue weighted by Crippen LogP contribution is 2.17. The number of amides is 2. The van der Waals surface area contributed by atoms with Gasteiger partial charge in [0.05, 0.1) is 12.3 Å². The van der Waals surface area contributed by atoms with Crippen molar-refractivity contribution in [2.24, 2.45) is 0 Å². The SMILES string of the molecule is Cc1cccc(CN2CCN(C(=O)CSc3nnc(C)o3)CC2=O)c1. The van der Waals surface area contributed by atoms with Gasteiger partial charge in [0.15, 0.2) is 0 Å². The molecule has 2 heterocycles. The van der Waals surface area contributed by atoms with Crippen LogP contribution in [0.2, 0.25) is 0 Å². The van der Waals surface area contributed by atoms with Crippen LogP contribution in [0.3, 0.4) is 0 Å². The summed E-state index contributed by atoms with van der Waals surface area (Å²) in [6.45, 7) is 5.52. The monoisotopic (exact) mass is 360 g/mol. The lowest BCUT2D eigenvalue weighted by Crippen LogP contribution is -2.52. The zero-order valence-electron chi connectivity index (χ0n) is 14.3. The molecule has 3 rings (SSSR count). The Morgan fingerprint density at radius 2 is 2.12 bits per heavy atom. The van der Waals surface area contributed by atoms with E-state index >= 15 is 0 Å². The van der Waals surface area contributed by atoms with Gasteiger partial charge in [-0.15, -0.1) is 10.2 Å². The van der Waals surface area contributed by atoms with Crippen molar-refractivity contribution in [2.45, 2.75) is 25.6 Å². The minimum atomic E-state index is -0.0931. The Labute approximate surface area is 150 Å². The van der Waals surface area contributed by atoms with Gasteiger partial charge in [0.25, 0.3) is 5.22 Å². The third-order valence-corrected chi connectivity index (χ3v) is 4.76. The first-order valence-corrected chi connectivity index (χ1v) is 9.04. The van der Waals surface area contributed by atoms with Gasteiger partial charge in [0, 0.05) is 26.6 Å². The van der Waals surface area contributed by atoms with E-state index in [4.69, 9.17) is 4.42 Å². The fourth-order valence-electron chi connectivity index (χ4n) is 2.67. The molecule has 0 saturated carbocycles. The maximum atomic E-state index is 12.4. The van der Waals surface area contributed by atoms with Crippen LogP contribution in [-0.4, -0.2) is 57.2 Å². The molecule has 0 N–H and O–H groups in total. The molecule has 0 radical (unpaired) electrons. The quantitative estimate of drug-likeness (QED) is 0.755. The van der Waals surface area contributed by atoms with Gasteiger partial charge in [-0.2, -0.15) is 0 Å². The lowest BCUT2D eigenvalue weighted by Gasteiger charge is -2.34. The largest absolute Gasteiger partial charge is 0.416 e. The third-order valence-electron chi connectivity index (χ3n) is 3.95. The lowest BCUT2D eigenvalue weighted by atomic mass is 10.1. The average Bonchev–Trinajstić information content (AvgIpc) is 3.00. The summed E-state index contributed by atoms with van der Waals surface area (Å²) in [7, 11) is 0. The maximum Gasteiger partial charge on any atom is 0.277 e. The van der Waals surface area contributed by atoms with Crippen LogP contribution in [0.4, 0.5) is 0 Å². The summed E-state index contributed by atoms with van der Waals surface area (Å²) in [5.41, 5.74) is 2.28. The van der Waals surface area contributed by atoms with Gasteiger partial charge < -0.3 is 14.2 Å². The van der Waals surface area contributed by atoms with Crippen molar-refractivity contribution >= 4 is 23.6 Å². The summed E-state index contributed by atoms with van der Waals surface area (Å²) < 4.78 is 5.23. The molecule has 1 fully saturated rings. The summed E-state index contributed by atoms with van der Waals surface area (Å²) in [4.78, 5) is 28.0. The van der Waals surface area contributed by atoms with Gasteiger partial charge in [-0.05, 0) is 12.5 Å². The van der Waals surface area contributed by atoms with Crippen LogP contribution in [0.1, 0.15) is 17.0 Å². The molecule has 1 aliphatic heterocycles.